The van der Waals surface area contributed by atoms with Crippen molar-refractivity contribution in [3.8, 4) is 24.2 Å². The van der Waals surface area contributed by atoms with Gasteiger partial charge in [0.2, 0.25) is 0 Å². The summed E-state index contributed by atoms with van der Waals surface area (Å²) < 4.78 is 0. The number of hydrogen-bond acceptors (Lipinski definition) is 0. The quantitative estimate of drug-likeness (QED) is 0.436. The van der Waals surface area contributed by atoms with E-state index in [1.807, 2.05) is 19.1 Å². The summed E-state index contributed by atoms with van der Waals surface area (Å²) in [6.45, 7) is 5.53. The SMILES string of the molecule is C#C[C](C#CCC=C)CC=CC. The molecular formula is C12H13. The summed E-state index contributed by atoms with van der Waals surface area (Å²) in [4.78, 5) is 0. The second kappa shape index (κ2) is 7.70. The predicted molar refractivity (Wildman–Crippen MR) is 54.1 cm³/mol. The van der Waals surface area contributed by atoms with E-state index in [9.17, 15) is 0 Å². The van der Waals surface area contributed by atoms with Gasteiger partial charge < -0.3 is 0 Å². The third-order valence-corrected chi connectivity index (χ3v) is 1.22. The van der Waals surface area contributed by atoms with Gasteiger partial charge in [-0.15, -0.1) is 13.0 Å². The van der Waals surface area contributed by atoms with Gasteiger partial charge in [-0.3, -0.25) is 0 Å². The van der Waals surface area contributed by atoms with E-state index in [2.05, 4.69) is 24.3 Å². The lowest BCUT2D eigenvalue weighted by Crippen LogP contribution is -1.86. The average molecular weight is 157 g/mol. The standard InChI is InChI=1S/C12H13/c1-4-7-9-11-12(6-3)10-8-5-2/h3-5,8H,1,7,10H2,2H3. The molecule has 0 nitrogen and oxygen atoms in total. The first-order chi connectivity index (χ1) is 5.85. The Bertz CT molecular complexity index is 239. The molecule has 0 bridgehead atoms. The largest absolute Gasteiger partial charge is 0.123 e. The van der Waals surface area contributed by atoms with E-state index in [-0.39, 0.29) is 0 Å². The minimum absolute atomic E-state index is 0.695. The van der Waals surface area contributed by atoms with Gasteiger partial charge in [-0.05, 0) is 13.3 Å². The lowest BCUT2D eigenvalue weighted by atomic mass is 10.1. The van der Waals surface area contributed by atoms with Crippen LogP contribution in [0.2, 0.25) is 0 Å². The fourth-order valence-electron chi connectivity index (χ4n) is 0.612. The zero-order valence-electron chi connectivity index (χ0n) is 7.43. The molecule has 0 heteroatoms. The lowest BCUT2D eigenvalue weighted by molar-refractivity contribution is 1.20. The minimum atomic E-state index is 0.695. The van der Waals surface area contributed by atoms with E-state index in [0.717, 1.165) is 12.3 Å². The van der Waals surface area contributed by atoms with E-state index in [1.54, 1.807) is 6.08 Å². The fraction of sp³-hybridized carbons (Fsp3) is 0.250. The van der Waals surface area contributed by atoms with Crippen molar-refractivity contribution < 1.29 is 0 Å². The second-order valence-electron chi connectivity index (χ2n) is 2.19. The number of hydrogen-bond donors (Lipinski definition) is 0. The summed E-state index contributed by atoms with van der Waals surface area (Å²) in [6.07, 6.45) is 12.4. The molecule has 0 rings (SSSR count). The molecule has 0 fully saturated rings. The summed E-state index contributed by atoms with van der Waals surface area (Å²) in [5.74, 6) is 9.21. The first kappa shape index (κ1) is 10.6. The molecule has 0 aromatic rings. The van der Waals surface area contributed by atoms with E-state index < -0.39 is 0 Å². The van der Waals surface area contributed by atoms with Crippen molar-refractivity contribution in [3.05, 3.63) is 30.7 Å². The highest BCUT2D eigenvalue weighted by Gasteiger charge is 1.95. The Morgan fingerprint density at radius 3 is 2.83 bits per heavy atom. The Labute approximate surface area is 75.4 Å². The number of terminal acetylenes is 1. The Hall–Kier alpha value is -1.40. The van der Waals surface area contributed by atoms with Crippen molar-refractivity contribution in [2.45, 2.75) is 19.8 Å². The molecule has 0 saturated heterocycles. The molecule has 1 radical (unpaired) electrons. The molecule has 0 saturated carbocycles. The molecule has 0 atom stereocenters. The molecule has 0 aliphatic heterocycles. The van der Waals surface area contributed by atoms with Crippen molar-refractivity contribution in [2.75, 3.05) is 0 Å². The minimum Gasteiger partial charge on any atom is -0.118 e. The maximum atomic E-state index is 5.25. The summed E-state index contributed by atoms with van der Waals surface area (Å²) in [5.41, 5.74) is 0. The molecular weight excluding hydrogens is 144 g/mol. The summed E-state index contributed by atoms with van der Waals surface area (Å²) in [6, 6.07) is 0. The highest BCUT2D eigenvalue weighted by atomic mass is 14.0. The van der Waals surface area contributed by atoms with Crippen molar-refractivity contribution in [1.29, 1.82) is 0 Å². The van der Waals surface area contributed by atoms with Crippen molar-refractivity contribution in [3.63, 3.8) is 0 Å². The van der Waals surface area contributed by atoms with Crippen molar-refractivity contribution >= 4 is 0 Å². The van der Waals surface area contributed by atoms with Crippen LogP contribution < -0.4 is 0 Å². The third kappa shape index (κ3) is 5.39. The smallest absolute Gasteiger partial charge is 0.118 e. The van der Waals surface area contributed by atoms with Gasteiger partial charge in [-0.2, -0.15) is 0 Å². The van der Waals surface area contributed by atoms with E-state index in [1.165, 1.54) is 0 Å². The molecule has 0 heterocycles. The molecule has 0 spiro atoms. The molecule has 0 aromatic carbocycles. The van der Waals surface area contributed by atoms with Crippen LogP contribution in [0.1, 0.15) is 19.8 Å². The van der Waals surface area contributed by atoms with Crippen molar-refractivity contribution in [2.24, 2.45) is 0 Å². The van der Waals surface area contributed by atoms with Gasteiger partial charge in [0.15, 0.2) is 0 Å². The highest BCUT2D eigenvalue weighted by molar-refractivity contribution is 5.37. The monoisotopic (exact) mass is 157 g/mol. The first-order valence-electron chi connectivity index (χ1n) is 3.88. The van der Waals surface area contributed by atoms with Crippen LogP contribution in [0.25, 0.3) is 0 Å². The van der Waals surface area contributed by atoms with E-state index >= 15 is 0 Å². The van der Waals surface area contributed by atoms with Gasteiger partial charge in [0.05, 0.1) is 0 Å². The Morgan fingerprint density at radius 1 is 1.58 bits per heavy atom. The van der Waals surface area contributed by atoms with Crippen LogP contribution in [0.3, 0.4) is 0 Å². The van der Waals surface area contributed by atoms with Crippen molar-refractivity contribution in [1.82, 2.24) is 0 Å². The molecule has 0 aromatic heterocycles. The molecule has 61 valence electrons. The fourth-order valence-corrected chi connectivity index (χ4v) is 0.612. The maximum Gasteiger partial charge on any atom is 0.123 e. The third-order valence-electron chi connectivity index (χ3n) is 1.22. The molecule has 0 aliphatic rings. The zero-order valence-corrected chi connectivity index (χ0v) is 7.43. The van der Waals surface area contributed by atoms with Crippen LogP contribution in [0, 0.1) is 30.1 Å². The van der Waals surface area contributed by atoms with E-state index in [4.69, 9.17) is 6.42 Å². The normalized spacial score (nSPS) is 9.08. The van der Waals surface area contributed by atoms with E-state index in [0.29, 0.717) is 6.42 Å². The van der Waals surface area contributed by atoms with Crippen LogP contribution >= 0.6 is 0 Å². The topological polar surface area (TPSA) is 0 Å². The van der Waals surface area contributed by atoms with Crippen LogP contribution in [-0.2, 0) is 0 Å². The predicted octanol–water partition coefficient (Wildman–Crippen LogP) is 2.74. The van der Waals surface area contributed by atoms with Gasteiger partial charge in [0, 0.05) is 6.42 Å². The number of rotatable bonds is 3. The maximum absolute atomic E-state index is 5.25. The highest BCUT2D eigenvalue weighted by Crippen LogP contribution is 2.03. The Balaban J connectivity index is 3.94. The summed E-state index contributed by atoms with van der Waals surface area (Å²) in [7, 11) is 0. The van der Waals surface area contributed by atoms with Crippen LogP contribution in [0.4, 0.5) is 0 Å². The van der Waals surface area contributed by atoms with Crippen LogP contribution in [-0.4, -0.2) is 0 Å². The molecule has 12 heavy (non-hydrogen) atoms. The summed E-state index contributed by atoms with van der Waals surface area (Å²) >= 11 is 0. The Morgan fingerprint density at radius 2 is 2.33 bits per heavy atom. The zero-order chi connectivity index (χ0) is 9.23. The molecule has 0 unspecified atom stereocenters. The van der Waals surface area contributed by atoms with Crippen LogP contribution in [0.15, 0.2) is 24.8 Å². The second-order valence-corrected chi connectivity index (χ2v) is 2.19. The lowest BCUT2D eigenvalue weighted by Gasteiger charge is -1.93. The molecule has 0 N–H and O–H groups in total. The first-order valence-corrected chi connectivity index (χ1v) is 3.88. The van der Waals surface area contributed by atoms with Gasteiger partial charge >= 0.3 is 0 Å². The van der Waals surface area contributed by atoms with Gasteiger partial charge in [0.1, 0.15) is 5.92 Å². The Kier molecular flexibility index (Phi) is 6.81. The molecule has 0 aliphatic carbocycles. The van der Waals surface area contributed by atoms with Gasteiger partial charge in [0.25, 0.3) is 0 Å². The van der Waals surface area contributed by atoms with Gasteiger partial charge in [-0.25, -0.2) is 0 Å². The summed E-state index contributed by atoms with van der Waals surface area (Å²) in [5, 5.41) is 0. The average Bonchev–Trinajstić information content (AvgIpc) is 2.11. The van der Waals surface area contributed by atoms with Crippen LogP contribution in [0.5, 0.6) is 0 Å². The number of allylic oxidation sites excluding steroid dienone is 3. The molecule has 0 amide bonds. The van der Waals surface area contributed by atoms with Gasteiger partial charge in [-0.1, -0.05) is 36.0 Å².